The number of hydrogen-bond acceptors (Lipinski definition) is 0. The minimum atomic E-state index is 0.420. The highest BCUT2D eigenvalue weighted by Gasteiger charge is 2.12. The number of hydrogen-bond donors (Lipinski definition) is 0. The molecule has 0 aromatic heterocycles. The van der Waals surface area contributed by atoms with E-state index in [4.69, 9.17) is 0 Å². The molecule has 0 aliphatic rings. The van der Waals surface area contributed by atoms with E-state index in [2.05, 4.69) is 53.5 Å². The van der Waals surface area contributed by atoms with Crippen LogP contribution in [-0.2, 0) is 0 Å². The summed E-state index contributed by atoms with van der Waals surface area (Å²) in [7, 11) is 0. The van der Waals surface area contributed by atoms with Gasteiger partial charge in [-0.15, -0.1) is 0 Å². The van der Waals surface area contributed by atoms with Crippen LogP contribution in [0.1, 0.15) is 34.6 Å². The molecule has 0 aliphatic carbocycles. The molecule has 0 aliphatic heterocycles. The van der Waals surface area contributed by atoms with Crippen molar-refractivity contribution in [1.29, 1.82) is 0 Å². The van der Waals surface area contributed by atoms with Gasteiger partial charge in [0.2, 0.25) is 0 Å². The SMILES string of the molecule is C=C/C(C(=C)C(C)C)=C(\C=C/C)C(=C)C(C)C. The molecular weight excluding hydrogens is 204 g/mol. The molecule has 0 aromatic rings. The Balaban J connectivity index is 5.72. The smallest absolute Gasteiger partial charge is 0.0156 e. The zero-order chi connectivity index (χ0) is 13.6. The van der Waals surface area contributed by atoms with Crippen LogP contribution in [0.25, 0.3) is 0 Å². The Bertz CT molecular complexity index is 359. The van der Waals surface area contributed by atoms with Gasteiger partial charge in [0.05, 0.1) is 0 Å². The molecular formula is C17H26. The van der Waals surface area contributed by atoms with Crippen LogP contribution in [-0.4, -0.2) is 0 Å². The van der Waals surface area contributed by atoms with Crippen molar-refractivity contribution in [3.8, 4) is 0 Å². The van der Waals surface area contributed by atoms with E-state index >= 15 is 0 Å². The second kappa shape index (κ2) is 7.11. The highest BCUT2D eigenvalue weighted by Crippen LogP contribution is 2.29. The summed E-state index contributed by atoms with van der Waals surface area (Å²) in [6.07, 6.45) is 6.04. The van der Waals surface area contributed by atoms with Gasteiger partial charge in [0.1, 0.15) is 0 Å². The van der Waals surface area contributed by atoms with Crippen LogP contribution in [0.4, 0.5) is 0 Å². The third-order valence-corrected chi connectivity index (χ3v) is 2.91. The van der Waals surface area contributed by atoms with Crippen LogP contribution < -0.4 is 0 Å². The summed E-state index contributed by atoms with van der Waals surface area (Å²) in [5, 5.41) is 0. The normalized spacial score (nSPS) is 13.1. The summed E-state index contributed by atoms with van der Waals surface area (Å²) in [5.74, 6) is 0.847. The average Bonchev–Trinajstić information content (AvgIpc) is 2.27. The fourth-order valence-electron chi connectivity index (χ4n) is 1.57. The van der Waals surface area contributed by atoms with E-state index in [1.165, 1.54) is 0 Å². The third-order valence-electron chi connectivity index (χ3n) is 2.91. The molecule has 0 heterocycles. The topological polar surface area (TPSA) is 0 Å². The lowest BCUT2D eigenvalue weighted by atomic mass is 9.86. The van der Waals surface area contributed by atoms with Gasteiger partial charge in [-0.25, -0.2) is 0 Å². The van der Waals surface area contributed by atoms with E-state index in [0.29, 0.717) is 11.8 Å². The molecule has 0 fully saturated rings. The second-order valence-corrected chi connectivity index (χ2v) is 4.89. The first-order valence-electron chi connectivity index (χ1n) is 6.24. The molecule has 0 N–H and O–H groups in total. The molecule has 0 saturated carbocycles. The van der Waals surface area contributed by atoms with Gasteiger partial charge in [-0.05, 0) is 41.1 Å². The van der Waals surface area contributed by atoms with Crippen LogP contribution in [0.2, 0.25) is 0 Å². The molecule has 0 amide bonds. The van der Waals surface area contributed by atoms with Gasteiger partial charge in [0, 0.05) is 0 Å². The Morgan fingerprint density at radius 3 is 1.59 bits per heavy atom. The van der Waals surface area contributed by atoms with Crippen molar-refractivity contribution in [2.24, 2.45) is 11.8 Å². The third kappa shape index (κ3) is 4.22. The average molecular weight is 230 g/mol. The Morgan fingerprint density at radius 2 is 1.29 bits per heavy atom. The Kier molecular flexibility index (Phi) is 6.57. The molecule has 0 spiro atoms. The summed E-state index contributed by atoms with van der Waals surface area (Å²) in [4.78, 5) is 0. The molecule has 17 heavy (non-hydrogen) atoms. The number of rotatable bonds is 6. The molecule has 0 atom stereocenters. The van der Waals surface area contributed by atoms with Crippen LogP contribution in [0, 0.1) is 11.8 Å². The molecule has 0 heteroatoms. The largest absolute Gasteiger partial charge is 0.0984 e. The Morgan fingerprint density at radius 1 is 0.882 bits per heavy atom. The monoisotopic (exact) mass is 230 g/mol. The van der Waals surface area contributed by atoms with Crippen molar-refractivity contribution in [1.82, 2.24) is 0 Å². The van der Waals surface area contributed by atoms with Gasteiger partial charge < -0.3 is 0 Å². The molecule has 0 saturated heterocycles. The zero-order valence-corrected chi connectivity index (χ0v) is 12.0. The highest BCUT2D eigenvalue weighted by molar-refractivity contribution is 5.54. The maximum atomic E-state index is 4.19. The fourth-order valence-corrected chi connectivity index (χ4v) is 1.57. The standard InChI is InChI=1S/C17H26/c1-9-11-17(15(8)13(5)6)16(10-2)14(7)12(3)4/h9-13H,2,7-8H2,1,3-6H3/b11-9-,17-16-. The van der Waals surface area contributed by atoms with Gasteiger partial charge in [-0.1, -0.05) is 65.7 Å². The lowest BCUT2D eigenvalue weighted by Crippen LogP contribution is -2.03. The summed E-state index contributed by atoms with van der Waals surface area (Å²) >= 11 is 0. The second-order valence-electron chi connectivity index (χ2n) is 4.89. The minimum Gasteiger partial charge on any atom is -0.0984 e. The molecule has 0 rings (SSSR count). The Hall–Kier alpha value is -1.30. The first-order chi connectivity index (χ1) is 7.86. The van der Waals surface area contributed by atoms with Crippen molar-refractivity contribution >= 4 is 0 Å². The van der Waals surface area contributed by atoms with E-state index in [1.807, 2.05) is 19.1 Å². The summed E-state index contributed by atoms with van der Waals surface area (Å²) < 4.78 is 0. The van der Waals surface area contributed by atoms with Crippen molar-refractivity contribution in [2.75, 3.05) is 0 Å². The predicted molar refractivity (Wildman–Crippen MR) is 80.0 cm³/mol. The van der Waals surface area contributed by atoms with Crippen LogP contribution in [0.3, 0.4) is 0 Å². The predicted octanol–water partition coefficient (Wildman–Crippen LogP) is 5.47. The van der Waals surface area contributed by atoms with Crippen LogP contribution >= 0.6 is 0 Å². The van der Waals surface area contributed by atoms with E-state index in [9.17, 15) is 0 Å². The first kappa shape index (κ1) is 15.7. The van der Waals surface area contributed by atoms with Gasteiger partial charge in [-0.3, -0.25) is 0 Å². The van der Waals surface area contributed by atoms with E-state index in [0.717, 1.165) is 22.3 Å². The minimum absolute atomic E-state index is 0.420. The van der Waals surface area contributed by atoms with Crippen LogP contribution in [0.15, 0.2) is 60.3 Å². The van der Waals surface area contributed by atoms with E-state index < -0.39 is 0 Å². The maximum Gasteiger partial charge on any atom is -0.0156 e. The lowest BCUT2D eigenvalue weighted by molar-refractivity contribution is 0.769. The van der Waals surface area contributed by atoms with Gasteiger partial charge in [0.15, 0.2) is 0 Å². The van der Waals surface area contributed by atoms with E-state index in [-0.39, 0.29) is 0 Å². The van der Waals surface area contributed by atoms with Crippen molar-refractivity contribution in [2.45, 2.75) is 34.6 Å². The quantitative estimate of drug-likeness (QED) is 0.531. The molecule has 94 valence electrons. The maximum absolute atomic E-state index is 4.19. The molecule has 0 aromatic carbocycles. The van der Waals surface area contributed by atoms with Crippen molar-refractivity contribution in [3.63, 3.8) is 0 Å². The summed E-state index contributed by atoms with van der Waals surface area (Å²) in [5.41, 5.74) is 4.54. The molecule has 0 unspecified atom stereocenters. The van der Waals surface area contributed by atoms with Gasteiger partial charge in [0.25, 0.3) is 0 Å². The highest BCUT2D eigenvalue weighted by atomic mass is 14.2. The summed E-state index contributed by atoms with van der Waals surface area (Å²) in [6.45, 7) is 22.9. The Labute approximate surface area is 107 Å². The van der Waals surface area contributed by atoms with E-state index in [1.54, 1.807) is 0 Å². The lowest BCUT2D eigenvalue weighted by Gasteiger charge is -2.18. The fraction of sp³-hybridized carbons (Fsp3) is 0.412. The first-order valence-corrected chi connectivity index (χ1v) is 6.24. The molecule has 0 nitrogen and oxygen atoms in total. The van der Waals surface area contributed by atoms with Crippen molar-refractivity contribution < 1.29 is 0 Å². The van der Waals surface area contributed by atoms with Gasteiger partial charge >= 0.3 is 0 Å². The number of allylic oxidation sites excluding steroid dienone is 7. The summed E-state index contributed by atoms with van der Waals surface area (Å²) in [6, 6.07) is 0. The van der Waals surface area contributed by atoms with Crippen LogP contribution in [0.5, 0.6) is 0 Å². The molecule has 0 radical (unpaired) electrons. The van der Waals surface area contributed by atoms with Gasteiger partial charge in [-0.2, -0.15) is 0 Å². The zero-order valence-electron chi connectivity index (χ0n) is 12.0. The molecule has 0 bridgehead atoms. The van der Waals surface area contributed by atoms with Crippen molar-refractivity contribution in [3.05, 3.63) is 60.3 Å².